The summed E-state index contributed by atoms with van der Waals surface area (Å²) in [4.78, 5) is 13.2. The Morgan fingerprint density at radius 1 is 1.03 bits per heavy atom. The predicted molar refractivity (Wildman–Crippen MR) is 121 cm³/mol. The number of halogens is 3. The second-order valence-electron chi connectivity index (χ2n) is 8.59. The third-order valence-corrected chi connectivity index (χ3v) is 5.02. The Hall–Kier alpha value is -3.29. The highest BCUT2D eigenvalue weighted by Crippen LogP contribution is 2.42. The number of nitrogens with two attached hydrogens (primary N) is 1. The van der Waals surface area contributed by atoms with Gasteiger partial charge >= 0.3 is 12.1 Å². The Morgan fingerprint density at radius 2 is 1.62 bits per heavy atom. The molecule has 8 heteroatoms. The number of hydrogen-bond acceptors (Lipinski definition) is 3. The minimum absolute atomic E-state index is 0.0104. The highest BCUT2D eigenvalue weighted by Gasteiger charge is 2.45. The average Bonchev–Trinajstić information content (AvgIpc) is 3.12. The van der Waals surface area contributed by atoms with E-state index in [1.54, 1.807) is 35.9 Å². The van der Waals surface area contributed by atoms with Crippen LogP contribution >= 0.6 is 0 Å². The van der Waals surface area contributed by atoms with E-state index in [9.17, 15) is 18.0 Å². The second kappa shape index (κ2) is 8.68. The highest BCUT2D eigenvalue weighted by atomic mass is 19.4. The molecule has 0 aliphatic rings. The Morgan fingerprint density at radius 3 is 2.16 bits per heavy atom. The van der Waals surface area contributed by atoms with E-state index in [0.29, 0.717) is 29.1 Å². The molecule has 32 heavy (non-hydrogen) atoms. The molecule has 3 rings (SSSR count). The molecule has 0 atom stereocenters. The van der Waals surface area contributed by atoms with E-state index < -0.39 is 17.5 Å². The summed E-state index contributed by atoms with van der Waals surface area (Å²) in [5, 5.41) is 4.58. The van der Waals surface area contributed by atoms with Crippen molar-refractivity contribution in [1.82, 2.24) is 9.78 Å². The van der Waals surface area contributed by atoms with Gasteiger partial charge in [-0.1, -0.05) is 70.2 Å². The molecular formula is C24H27F3N4O. The molecule has 1 heterocycles. The number of carbonyl (C=O) groups is 1. The average molecular weight is 445 g/mol. The maximum Gasteiger partial charge on any atom is 0.471 e. The van der Waals surface area contributed by atoms with Crippen molar-refractivity contribution in [2.45, 2.75) is 45.7 Å². The molecule has 0 aliphatic heterocycles. The van der Waals surface area contributed by atoms with Crippen molar-refractivity contribution in [2.75, 3.05) is 17.2 Å². The van der Waals surface area contributed by atoms with E-state index in [4.69, 9.17) is 5.73 Å². The smallest absolute Gasteiger partial charge is 0.397 e. The normalized spacial score (nSPS) is 12.1. The molecule has 0 saturated heterocycles. The van der Waals surface area contributed by atoms with Crippen LogP contribution in [0.15, 0.2) is 54.6 Å². The lowest BCUT2D eigenvalue weighted by Crippen LogP contribution is -2.43. The molecule has 0 radical (unpaired) electrons. The molecule has 170 valence electrons. The maximum absolute atomic E-state index is 13.5. The number of rotatable bonds is 5. The number of alkyl halides is 3. The summed E-state index contributed by atoms with van der Waals surface area (Å²) in [5.74, 6) is -1.95. The first-order valence-corrected chi connectivity index (χ1v) is 10.4. The number of para-hydroxylation sites is 2. The van der Waals surface area contributed by atoms with Crippen LogP contribution in [0.4, 0.5) is 24.7 Å². The van der Waals surface area contributed by atoms with Crippen LogP contribution in [0.1, 0.15) is 39.7 Å². The molecule has 2 N–H and O–H groups in total. The Bertz CT molecular complexity index is 1100. The van der Waals surface area contributed by atoms with Gasteiger partial charge in [0, 0.05) is 17.7 Å². The molecule has 0 spiro atoms. The number of nitrogens with zero attached hydrogens (tertiary/aromatic N) is 3. The van der Waals surface area contributed by atoms with E-state index in [-0.39, 0.29) is 12.4 Å². The van der Waals surface area contributed by atoms with Crippen LogP contribution in [0.25, 0.3) is 16.9 Å². The maximum atomic E-state index is 13.5. The van der Waals surface area contributed by atoms with Gasteiger partial charge in [-0.05, 0) is 24.0 Å². The van der Waals surface area contributed by atoms with Gasteiger partial charge in [-0.15, -0.1) is 5.10 Å². The largest absolute Gasteiger partial charge is 0.471 e. The van der Waals surface area contributed by atoms with Crippen molar-refractivity contribution in [3.63, 3.8) is 0 Å². The fourth-order valence-corrected chi connectivity index (χ4v) is 3.68. The van der Waals surface area contributed by atoms with Crippen LogP contribution in [0.3, 0.4) is 0 Å². The predicted octanol–water partition coefficient (Wildman–Crippen LogP) is 5.72. The first-order chi connectivity index (χ1) is 15.0. The summed E-state index contributed by atoms with van der Waals surface area (Å²) in [6.07, 6.45) is -4.68. The summed E-state index contributed by atoms with van der Waals surface area (Å²) in [7, 11) is 0. The van der Waals surface area contributed by atoms with E-state index in [1.807, 2.05) is 51.1 Å². The standard InChI is InChI=1S/C24H27F3N4O/c1-5-15-30(22(32)24(25,26)27)21-19(23(2,3)4)20(16-11-7-6-8-12-16)31(29-21)18-14-10-9-13-17(18)28/h6-14H,5,15,28H2,1-4H3. The van der Waals surface area contributed by atoms with E-state index in [2.05, 4.69) is 5.10 Å². The first-order valence-electron chi connectivity index (χ1n) is 10.4. The molecule has 3 aromatic rings. The number of carbonyl (C=O) groups excluding carboxylic acids is 1. The zero-order chi connectivity index (χ0) is 23.7. The van der Waals surface area contributed by atoms with Gasteiger partial charge in [-0.2, -0.15) is 13.2 Å². The molecular weight excluding hydrogens is 417 g/mol. The van der Waals surface area contributed by atoms with Crippen LogP contribution in [-0.4, -0.2) is 28.4 Å². The molecule has 5 nitrogen and oxygen atoms in total. The lowest BCUT2D eigenvalue weighted by Gasteiger charge is -2.27. The minimum atomic E-state index is -5.02. The van der Waals surface area contributed by atoms with Gasteiger partial charge < -0.3 is 5.73 Å². The number of aromatic nitrogens is 2. The summed E-state index contributed by atoms with van der Waals surface area (Å²) in [6.45, 7) is 7.27. The van der Waals surface area contributed by atoms with Crippen molar-refractivity contribution < 1.29 is 18.0 Å². The molecule has 1 amide bonds. The highest BCUT2D eigenvalue weighted by molar-refractivity contribution is 5.98. The van der Waals surface area contributed by atoms with Gasteiger partial charge in [0.1, 0.15) is 0 Å². The van der Waals surface area contributed by atoms with Crippen molar-refractivity contribution in [3.05, 3.63) is 60.2 Å². The van der Waals surface area contributed by atoms with Crippen LogP contribution in [0, 0.1) is 0 Å². The summed E-state index contributed by atoms with van der Waals surface area (Å²) in [6, 6.07) is 16.3. The fourth-order valence-electron chi connectivity index (χ4n) is 3.68. The van der Waals surface area contributed by atoms with Crippen LogP contribution in [0.2, 0.25) is 0 Å². The monoisotopic (exact) mass is 444 g/mol. The third kappa shape index (κ3) is 4.49. The number of nitrogen functional groups attached to an aromatic ring is 1. The number of hydrogen-bond donors (Lipinski definition) is 1. The van der Waals surface area contributed by atoms with Crippen molar-refractivity contribution >= 4 is 17.4 Å². The van der Waals surface area contributed by atoms with Gasteiger partial charge in [-0.3, -0.25) is 9.69 Å². The number of amides is 1. The van der Waals surface area contributed by atoms with Crippen LogP contribution in [-0.2, 0) is 10.2 Å². The SMILES string of the molecule is CCCN(C(=O)C(F)(F)F)c1nn(-c2ccccc2N)c(-c2ccccc2)c1C(C)(C)C. The van der Waals surface area contributed by atoms with Crippen molar-refractivity contribution in [1.29, 1.82) is 0 Å². The van der Waals surface area contributed by atoms with Gasteiger partial charge in [0.05, 0.1) is 17.1 Å². The second-order valence-corrected chi connectivity index (χ2v) is 8.59. The molecule has 0 unspecified atom stereocenters. The van der Waals surface area contributed by atoms with Gasteiger partial charge in [0.15, 0.2) is 5.82 Å². The van der Waals surface area contributed by atoms with E-state index in [1.165, 1.54) is 0 Å². The quantitative estimate of drug-likeness (QED) is 0.512. The topological polar surface area (TPSA) is 64.2 Å². The van der Waals surface area contributed by atoms with Crippen molar-refractivity contribution in [2.24, 2.45) is 0 Å². The number of anilines is 2. The van der Waals surface area contributed by atoms with E-state index >= 15 is 0 Å². The van der Waals surface area contributed by atoms with Gasteiger partial charge in [0.25, 0.3) is 0 Å². The molecule has 1 aromatic heterocycles. The Labute approximate surface area is 185 Å². The molecule has 0 saturated carbocycles. The van der Waals surface area contributed by atoms with Crippen molar-refractivity contribution in [3.8, 4) is 16.9 Å². The molecule has 0 fully saturated rings. The summed E-state index contributed by atoms with van der Waals surface area (Å²) >= 11 is 0. The molecule has 0 aliphatic carbocycles. The lowest BCUT2D eigenvalue weighted by atomic mass is 9.84. The molecule has 0 bridgehead atoms. The number of benzene rings is 2. The Balaban J connectivity index is 2.43. The van der Waals surface area contributed by atoms with Crippen LogP contribution in [0.5, 0.6) is 0 Å². The third-order valence-electron chi connectivity index (χ3n) is 5.02. The Kier molecular flexibility index (Phi) is 6.34. The first kappa shape index (κ1) is 23.4. The van der Waals surface area contributed by atoms with Crippen LogP contribution < -0.4 is 10.6 Å². The van der Waals surface area contributed by atoms with Gasteiger partial charge in [-0.25, -0.2) is 4.68 Å². The zero-order valence-corrected chi connectivity index (χ0v) is 18.6. The summed E-state index contributed by atoms with van der Waals surface area (Å²) < 4.78 is 42.1. The zero-order valence-electron chi connectivity index (χ0n) is 18.6. The minimum Gasteiger partial charge on any atom is -0.397 e. The summed E-state index contributed by atoms with van der Waals surface area (Å²) in [5.41, 5.74) is 8.43. The fraction of sp³-hybridized carbons (Fsp3) is 0.333. The molecule has 2 aromatic carbocycles. The lowest BCUT2D eigenvalue weighted by molar-refractivity contribution is -0.170. The van der Waals surface area contributed by atoms with E-state index in [0.717, 1.165) is 10.5 Å². The van der Waals surface area contributed by atoms with Gasteiger partial charge in [0.2, 0.25) is 0 Å².